The van der Waals surface area contributed by atoms with Crippen LogP contribution >= 0.6 is 0 Å². The lowest BCUT2D eigenvalue weighted by Crippen LogP contribution is -2.26. The van der Waals surface area contributed by atoms with Crippen LogP contribution in [-0.4, -0.2) is 0 Å². The van der Waals surface area contributed by atoms with Crippen molar-refractivity contribution in [1.82, 2.24) is 0 Å². The van der Waals surface area contributed by atoms with Crippen molar-refractivity contribution in [3.8, 4) is 22.3 Å². The molecule has 0 aromatic heterocycles. The van der Waals surface area contributed by atoms with E-state index in [2.05, 4.69) is 212 Å². The maximum absolute atomic E-state index is 2.69. The van der Waals surface area contributed by atoms with Crippen molar-refractivity contribution >= 4 is 54.6 Å². The van der Waals surface area contributed by atoms with Gasteiger partial charge >= 0.3 is 0 Å². The first kappa shape index (κ1) is 40.3. The highest BCUT2D eigenvalue weighted by Crippen LogP contribution is 2.64. The van der Waals surface area contributed by atoms with E-state index in [9.17, 15) is 0 Å². The van der Waals surface area contributed by atoms with Crippen molar-refractivity contribution in [3.05, 3.63) is 226 Å². The van der Waals surface area contributed by atoms with Gasteiger partial charge in [-0.2, -0.15) is 0 Å². The van der Waals surface area contributed by atoms with Crippen molar-refractivity contribution in [2.45, 2.75) is 67.2 Å². The minimum Gasteiger partial charge on any atom is -0.0836 e. The van der Waals surface area contributed by atoms with Gasteiger partial charge in [-0.1, -0.05) is 205 Å². The lowest BCUT2D eigenvalue weighted by atomic mass is 9.65. The highest BCUT2D eigenvalue weighted by molar-refractivity contribution is 6.31. The number of benzene rings is 6. The molecule has 0 heterocycles. The molecule has 0 amide bonds. The number of hydrogen-bond donors (Lipinski definition) is 0. The van der Waals surface area contributed by atoms with E-state index >= 15 is 0 Å². The van der Waals surface area contributed by atoms with Gasteiger partial charge in [0, 0.05) is 23.7 Å². The minimum absolute atomic E-state index is 0.0669. The van der Waals surface area contributed by atoms with Crippen LogP contribution in [0.1, 0.15) is 89.5 Å². The van der Waals surface area contributed by atoms with Crippen molar-refractivity contribution < 1.29 is 0 Å². The molecule has 0 bridgehead atoms. The van der Waals surface area contributed by atoms with Crippen LogP contribution in [0.5, 0.6) is 0 Å². The van der Waals surface area contributed by atoms with Gasteiger partial charge in [0.25, 0.3) is 0 Å². The number of allylic oxidation sites excluding steroid dienone is 22. The first-order valence-electron chi connectivity index (χ1n) is 25.4. The van der Waals surface area contributed by atoms with E-state index in [0.29, 0.717) is 11.8 Å². The Morgan fingerprint density at radius 1 is 0.529 bits per heavy atom. The average molecular weight is 875 g/mol. The molecule has 8 aliphatic carbocycles. The van der Waals surface area contributed by atoms with Crippen LogP contribution in [0.3, 0.4) is 0 Å². The Morgan fingerprint density at radius 3 is 2.13 bits per heavy atom. The second-order valence-electron chi connectivity index (χ2n) is 22.9. The summed E-state index contributed by atoms with van der Waals surface area (Å²) < 4.78 is 0. The van der Waals surface area contributed by atoms with Crippen LogP contribution in [0.4, 0.5) is 0 Å². The predicted molar refractivity (Wildman–Crippen MR) is 291 cm³/mol. The molecule has 0 radical (unpaired) electrons. The topological polar surface area (TPSA) is 0 Å². The van der Waals surface area contributed by atoms with Gasteiger partial charge in [-0.25, -0.2) is 0 Å². The molecular weight excluding hydrogens is 817 g/mol. The zero-order valence-corrected chi connectivity index (χ0v) is 40.3. The first-order valence-corrected chi connectivity index (χ1v) is 25.4. The monoisotopic (exact) mass is 874 g/mol. The Hall–Kier alpha value is -6.76. The van der Waals surface area contributed by atoms with E-state index in [0.717, 1.165) is 25.7 Å². The molecule has 14 rings (SSSR count). The van der Waals surface area contributed by atoms with E-state index in [1.54, 1.807) is 0 Å². The summed E-state index contributed by atoms with van der Waals surface area (Å²) in [5, 5.41) is 8.18. The zero-order valence-electron chi connectivity index (χ0n) is 40.3. The normalized spacial score (nSPS) is 23.1. The molecule has 0 nitrogen and oxygen atoms in total. The van der Waals surface area contributed by atoms with Crippen LogP contribution in [0, 0.1) is 34.5 Å². The molecule has 6 aromatic rings. The summed E-state index contributed by atoms with van der Waals surface area (Å²) in [4.78, 5) is 0. The Morgan fingerprint density at radius 2 is 1.28 bits per heavy atom. The van der Waals surface area contributed by atoms with Gasteiger partial charge in [-0.05, 0) is 175 Å². The lowest BCUT2D eigenvalue weighted by molar-refractivity contribution is 0.477. The summed E-state index contributed by atoms with van der Waals surface area (Å²) in [6.45, 7) is 14.2. The zero-order chi connectivity index (χ0) is 45.8. The molecule has 0 saturated carbocycles. The third kappa shape index (κ3) is 5.73. The maximum Gasteiger partial charge on any atom is 0.0206 e. The molecule has 0 saturated heterocycles. The van der Waals surface area contributed by atoms with Crippen molar-refractivity contribution in [2.75, 3.05) is 0 Å². The van der Waals surface area contributed by atoms with Gasteiger partial charge in [-0.15, -0.1) is 0 Å². The van der Waals surface area contributed by atoms with E-state index < -0.39 is 0 Å². The molecule has 0 N–H and O–H groups in total. The van der Waals surface area contributed by atoms with Crippen LogP contribution in [0.25, 0.3) is 76.9 Å². The van der Waals surface area contributed by atoms with Crippen molar-refractivity contribution in [1.29, 1.82) is 0 Å². The number of rotatable bonds is 3. The third-order valence-electron chi connectivity index (χ3n) is 17.0. The molecule has 4 atom stereocenters. The third-order valence-corrected chi connectivity index (χ3v) is 17.0. The summed E-state index contributed by atoms with van der Waals surface area (Å²) in [6.07, 6.45) is 34.6. The van der Waals surface area contributed by atoms with Crippen LogP contribution in [0.2, 0.25) is 0 Å². The number of hydrogen-bond acceptors (Lipinski definition) is 0. The highest BCUT2D eigenvalue weighted by atomic mass is 14.5. The fourth-order valence-corrected chi connectivity index (χ4v) is 13.8. The van der Waals surface area contributed by atoms with Gasteiger partial charge < -0.3 is 0 Å². The Labute approximate surface area is 402 Å². The molecule has 0 spiro atoms. The number of fused-ring (bicyclic) bond motifs is 10. The van der Waals surface area contributed by atoms with E-state index in [1.165, 1.54) is 133 Å². The molecule has 6 aromatic carbocycles. The van der Waals surface area contributed by atoms with Crippen LogP contribution in [0.15, 0.2) is 203 Å². The SMILES string of the molecule is CC(C)(C)C1=CC2C=C(C(C)(C)C)C=C(C3=CC4=C(C=C5c6c(c(-c7cccc8ccccc78)c7cc8c9c(cccc9c7c6-c6ccccc6)C6=C8CCC=C6)C6=CC=CC4C65)CC3)C2C=C1. The summed E-state index contributed by atoms with van der Waals surface area (Å²) in [5.41, 5.74) is 26.3. The molecule has 68 heavy (non-hydrogen) atoms. The summed E-state index contributed by atoms with van der Waals surface area (Å²) in [7, 11) is 0. The molecular formula is C68H58. The fraction of sp³-hybridized carbons (Fsp3) is 0.235. The summed E-state index contributed by atoms with van der Waals surface area (Å²) in [6, 6.07) is 37.3. The maximum atomic E-state index is 2.69. The lowest BCUT2D eigenvalue weighted by Gasteiger charge is -2.39. The Kier molecular flexibility index (Phi) is 8.53. The van der Waals surface area contributed by atoms with Gasteiger partial charge in [0.1, 0.15) is 0 Å². The molecule has 4 unspecified atom stereocenters. The predicted octanol–water partition coefficient (Wildman–Crippen LogP) is 18.4. The average Bonchev–Trinajstić information content (AvgIpc) is 3.85. The van der Waals surface area contributed by atoms with Gasteiger partial charge in [0.05, 0.1) is 0 Å². The summed E-state index contributed by atoms with van der Waals surface area (Å²) in [5.74, 6) is 1.21. The standard InChI is InChI=1S/C68H58/c1-67(2,3)44-31-32-47-43(33-44)34-45(68(4,5)6)37-56(47)41-29-30-42-36-58-62-52(55(42)35-41)26-16-28-54(62)65-63(50-24-14-20-39-17-10-11-21-46(39)50)59-38-57-49-23-13-12-22-48(49)51-25-15-27-53(61(51)57)64(59)60(66(58)65)40-18-8-7-9-19-40/h7-12,14-22,24-28,31-38,43,47,52,62H,13,23,29-30H2,1-6H3. The molecule has 0 aliphatic heterocycles. The Bertz CT molecular complexity index is 3660. The van der Waals surface area contributed by atoms with Crippen LogP contribution in [-0.2, 0) is 0 Å². The van der Waals surface area contributed by atoms with Crippen molar-refractivity contribution in [3.63, 3.8) is 0 Å². The van der Waals surface area contributed by atoms with E-state index in [4.69, 9.17) is 0 Å². The molecule has 0 fully saturated rings. The van der Waals surface area contributed by atoms with Gasteiger partial charge in [0.2, 0.25) is 0 Å². The first-order chi connectivity index (χ1) is 33.0. The van der Waals surface area contributed by atoms with Gasteiger partial charge in [-0.3, -0.25) is 0 Å². The Balaban J connectivity index is 1.04. The quantitative estimate of drug-likeness (QED) is 0.155. The largest absolute Gasteiger partial charge is 0.0836 e. The van der Waals surface area contributed by atoms with Crippen LogP contribution < -0.4 is 0 Å². The fourth-order valence-electron chi connectivity index (χ4n) is 13.8. The minimum atomic E-state index is 0.0669. The van der Waals surface area contributed by atoms with E-state index in [-0.39, 0.29) is 22.7 Å². The second-order valence-corrected chi connectivity index (χ2v) is 22.9. The van der Waals surface area contributed by atoms with E-state index in [1.807, 2.05) is 0 Å². The smallest absolute Gasteiger partial charge is 0.0206 e. The molecule has 330 valence electrons. The summed E-state index contributed by atoms with van der Waals surface area (Å²) >= 11 is 0. The van der Waals surface area contributed by atoms with Gasteiger partial charge in [0.15, 0.2) is 0 Å². The molecule has 8 aliphatic rings. The second kappa shape index (κ2) is 14.4. The highest BCUT2D eigenvalue weighted by Gasteiger charge is 2.46. The molecule has 0 heteroatoms. The van der Waals surface area contributed by atoms with Crippen molar-refractivity contribution in [2.24, 2.45) is 34.5 Å².